The molecule has 198 valence electrons. The van der Waals surface area contributed by atoms with E-state index in [9.17, 15) is 4.79 Å². The number of anilines is 4. The van der Waals surface area contributed by atoms with E-state index in [1.165, 1.54) is 0 Å². The van der Waals surface area contributed by atoms with Crippen molar-refractivity contribution in [3.8, 4) is 17.1 Å². The van der Waals surface area contributed by atoms with E-state index in [1.807, 2.05) is 68.5 Å². The number of rotatable bonds is 11. The van der Waals surface area contributed by atoms with E-state index in [-0.39, 0.29) is 5.78 Å². The molecule has 38 heavy (non-hydrogen) atoms. The van der Waals surface area contributed by atoms with E-state index < -0.39 is 0 Å². The highest BCUT2D eigenvalue weighted by Gasteiger charge is 2.22. The number of hydrogen-bond acceptors (Lipinski definition) is 9. The Bertz CT molecular complexity index is 1400. The minimum absolute atomic E-state index is 0.00469. The molecule has 0 saturated heterocycles. The number of carbonyl (C=O) groups excluding carboxylic acids is 1. The minimum Gasteiger partial charge on any atom is -0.494 e. The zero-order valence-electron chi connectivity index (χ0n) is 22.8. The number of aromatic nitrogens is 5. The number of pyridine rings is 2. The third kappa shape index (κ3) is 5.81. The van der Waals surface area contributed by atoms with Crippen molar-refractivity contribution in [1.82, 2.24) is 29.6 Å². The van der Waals surface area contributed by atoms with Crippen LogP contribution in [0.5, 0.6) is 5.75 Å². The largest absolute Gasteiger partial charge is 0.494 e. The molecule has 0 unspecified atom stereocenters. The van der Waals surface area contributed by atoms with Crippen LogP contribution < -0.4 is 15.0 Å². The molecule has 0 aliphatic carbocycles. The van der Waals surface area contributed by atoms with Gasteiger partial charge in [-0.2, -0.15) is 5.10 Å². The molecule has 0 aliphatic heterocycles. The fourth-order valence-electron chi connectivity index (χ4n) is 4.11. The number of hydrogen-bond donors (Lipinski definition) is 1. The molecule has 3 heterocycles. The first-order chi connectivity index (χ1) is 18.3. The summed E-state index contributed by atoms with van der Waals surface area (Å²) in [4.78, 5) is 30.5. The molecule has 0 aliphatic rings. The first-order valence-corrected chi connectivity index (χ1v) is 12.5. The number of methoxy groups -OCH3 is 1. The second-order valence-corrected chi connectivity index (χ2v) is 9.03. The Hall–Kier alpha value is -4.31. The predicted molar refractivity (Wildman–Crippen MR) is 149 cm³/mol. The second-order valence-electron chi connectivity index (χ2n) is 9.03. The van der Waals surface area contributed by atoms with Crippen LogP contribution in [0.2, 0.25) is 0 Å². The number of nitrogens with one attached hydrogen (secondary N) is 1. The normalized spacial score (nSPS) is 11.0. The highest BCUT2D eigenvalue weighted by Crippen LogP contribution is 2.40. The fraction of sp³-hybridized carbons (Fsp3) is 0.321. The third-order valence-electron chi connectivity index (χ3n) is 6.34. The Morgan fingerprint density at radius 3 is 2.45 bits per heavy atom. The molecule has 0 spiro atoms. The highest BCUT2D eigenvalue weighted by molar-refractivity contribution is 6.02. The summed E-state index contributed by atoms with van der Waals surface area (Å²) in [5, 5.41) is 7.70. The lowest BCUT2D eigenvalue weighted by molar-refractivity contribution is 0.0988. The van der Waals surface area contributed by atoms with Gasteiger partial charge in [-0.1, -0.05) is 26.0 Å². The van der Waals surface area contributed by atoms with E-state index in [0.29, 0.717) is 40.9 Å². The fourth-order valence-corrected chi connectivity index (χ4v) is 4.11. The molecular weight excluding hydrogens is 480 g/mol. The number of Topliss-reactive ketones (excluding diaryl/α,β-unsaturated/α-hetero) is 1. The number of benzene rings is 1. The van der Waals surface area contributed by atoms with Crippen LogP contribution in [0.15, 0.2) is 55.1 Å². The van der Waals surface area contributed by atoms with Crippen molar-refractivity contribution in [3.63, 3.8) is 0 Å². The molecule has 10 heteroatoms. The van der Waals surface area contributed by atoms with Gasteiger partial charge in [-0.3, -0.25) is 9.48 Å². The molecule has 4 aromatic rings. The molecule has 3 aromatic heterocycles. The standard InChI is InChI=1S/C28H34N8O2/c1-7-24(37)21-16-30-26(32-25-13-12-19(15-29-25)17-34(3)8-2)14-23(21)36(5)22-11-9-10-20(27(22)38-6)28-31-18-35(4)33-28/h9-16,18H,7-8,17H2,1-6H3,(H,29,30,32). The summed E-state index contributed by atoms with van der Waals surface area (Å²) in [5.74, 6) is 2.41. The molecule has 1 aromatic carbocycles. The summed E-state index contributed by atoms with van der Waals surface area (Å²) in [5.41, 5.74) is 3.87. The lowest BCUT2D eigenvalue weighted by atomic mass is 10.1. The molecular formula is C28H34N8O2. The third-order valence-corrected chi connectivity index (χ3v) is 6.34. The van der Waals surface area contributed by atoms with Crippen LogP contribution in [-0.2, 0) is 13.6 Å². The molecule has 0 atom stereocenters. The molecule has 0 bridgehead atoms. The Morgan fingerprint density at radius 2 is 1.82 bits per heavy atom. The van der Waals surface area contributed by atoms with E-state index in [0.717, 1.165) is 29.9 Å². The quantitative estimate of drug-likeness (QED) is 0.282. The van der Waals surface area contributed by atoms with Gasteiger partial charge in [-0.25, -0.2) is 15.0 Å². The van der Waals surface area contributed by atoms with Gasteiger partial charge in [0.2, 0.25) is 0 Å². The van der Waals surface area contributed by atoms with Crippen molar-refractivity contribution in [2.45, 2.75) is 26.8 Å². The van der Waals surface area contributed by atoms with E-state index in [2.05, 4.69) is 44.2 Å². The van der Waals surface area contributed by atoms with Crippen LogP contribution in [-0.4, -0.2) is 63.2 Å². The highest BCUT2D eigenvalue weighted by atomic mass is 16.5. The van der Waals surface area contributed by atoms with Crippen molar-refractivity contribution in [3.05, 3.63) is 66.2 Å². The summed E-state index contributed by atoms with van der Waals surface area (Å²) >= 11 is 0. The van der Waals surface area contributed by atoms with Crippen LogP contribution >= 0.6 is 0 Å². The topological polar surface area (TPSA) is 101 Å². The number of carbonyl (C=O) groups is 1. The first kappa shape index (κ1) is 26.7. The number of nitrogens with zero attached hydrogens (tertiary/aromatic N) is 7. The maximum Gasteiger partial charge on any atom is 0.184 e. The summed E-state index contributed by atoms with van der Waals surface area (Å²) in [6.45, 7) is 5.76. The Kier molecular flexibility index (Phi) is 8.32. The average Bonchev–Trinajstić information content (AvgIpc) is 3.38. The minimum atomic E-state index is -0.00469. The van der Waals surface area contributed by atoms with Crippen LogP contribution in [0.25, 0.3) is 11.4 Å². The summed E-state index contributed by atoms with van der Waals surface area (Å²) in [7, 11) is 7.41. The van der Waals surface area contributed by atoms with Crippen molar-refractivity contribution in [2.75, 3.05) is 38.0 Å². The average molecular weight is 515 g/mol. The SMILES string of the molecule is CCC(=O)c1cnc(Nc2ccc(CN(C)CC)cn2)cc1N(C)c1cccc(-c2ncn(C)n2)c1OC. The zero-order valence-corrected chi connectivity index (χ0v) is 22.8. The summed E-state index contributed by atoms with van der Waals surface area (Å²) in [6.07, 6.45) is 5.48. The molecule has 0 saturated carbocycles. The van der Waals surface area contributed by atoms with Crippen molar-refractivity contribution < 1.29 is 9.53 Å². The Morgan fingerprint density at radius 1 is 1.03 bits per heavy atom. The molecule has 0 amide bonds. The van der Waals surface area contributed by atoms with Gasteiger partial charge in [0, 0.05) is 45.5 Å². The Balaban J connectivity index is 1.69. The van der Waals surface area contributed by atoms with Gasteiger partial charge in [0.1, 0.15) is 18.0 Å². The van der Waals surface area contributed by atoms with Gasteiger partial charge in [0.25, 0.3) is 0 Å². The molecule has 0 fully saturated rings. The number of ketones is 1. The summed E-state index contributed by atoms with van der Waals surface area (Å²) < 4.78 is 7.47. The van der Waals surface area contributed by atoms with Crippen LogP contribution in [0, 0.1) is 0 Å². The molecule has 10 nitrogen and oxygen atoms in total. The lowest BCUT2D eigenvalue weighted by Gasteiger charge is -2.25. The Labute approximate surface area is 223 Å². The van der Waals surface area contributed by atoms with Gasteiger partial charge in [0.05, 0.1) is 29.6 Å². The maximum atomic E-state index is 12.9. The smallest absolute Gasteiger partial charge is 0.184 e. The van der Waals surface area contributed by atoms with Crippen molar-refractivity contribution in [1.29, 1.82) is 0 Å². The van der Waals surface area contributed by atoms with E-state index in [4.69, 9.17) is 4.74 Å². The lowest BCUT2D eigenvalue weighted by Crippen LogP contribution is -2.17. The van der Waals surface area contributed by atoms with E-state index >= 15 is 0 Å². The van der Waals surface area contributed by atoms with Crippen LogP contribution in [0.4, 0.5) is 23.0 Å². The van der Waals surface area contributed by atoms with Crippen LogP contribution in [0.3, 0.4) is 0 Å². The maximum absolute atomic E-state index is 12.9. The summed E-state index contributed by atoms with van der Waals surface area (Å²) in [6, 6.07) is 11.6. The second kappa shape index (κ2) is 11.8. The van der Waals surface area contributed by atoms with Gasteiger partial charge in [-0.05, 0) is 37.4 Å². The number of ether oxygens (including phenoxy) is 1. The molecule has 4 rings (SSSR count). The van der Waals surface area contributed by atoms with Gasteiger partial charge >= 0.3 is 0 Å². The zero-order chi connectivity index (χ0) is 27.2. The van der Waals surface area contributed by atoms with Gasteiger partial charge in [-0.15, -0.1) is 0 Å². The molecule has 1 N–H and O–H groups in total. The van der Waals surface area contributed by atoms with Gasteiger partial charge < -0.3 is 19.9 Å². The van der Waals surface area contributed by atoms with E-state index in [1.54, 1.807) is 24.3 Å². The first-order valence-electron chi connectivity index (χ1n) is 12.5. The number of para-hydroxylation sites is 1. The van der Waals surface area contributed by atoms with Crippen molar-refractivity contribution in [2.24, 2.45) is 7.05 Å². The molecule has 0 radical (unpaired) electrons. The van der Waals surface area contributed by atoms with Crippen molar-refractivity contribution >= 4 is 28.8 Å². The van der Waals surface area contributed by atoms with Gasteiger partial charge in [0.15, 0.2) is 17.4 Å². The van der Waals surface area contributed by atoms with Crippen LogP contribution in [0.1, 0.15) is 36.2 Å². The monoisotopic (exact) mass is 514 g/mol. The predicted octanol–water partition coefficient (Wildman–Crippen LogP) is 4.84. The number of aryl methyl sites for hydroxylation is 1.